The molecule has 190 valence electrons. The number of nitrogens with one attached hydrogen (secondary N) is 1. The van der Waals surface area contributed by atoms with Gasteiger partial charge >= 0.3 is 5.97 Å². The summed E-state index contributed by atoms with van der Waals surface area (Å²) >= 11 is 1.65. The molecule has 5 rings (SSSR count). The minimum atomic E-state index is -0.279. The molecule has 0 spiro atoms. The van der Waals surface area contributed by atoms with Gasteiger partial charge in [0.15, 0.2) is 0 Å². The Bertz CT molecular complexity index is 1190. The van der Waals surface area contributed by atoms with E-state index < -0.39 is 0 Å². The van der Waals surface area contributed by atoms with Crippen LogP contribution in [0.4, 0.5) is 10.3 Å². The molecule has 3 aromatic rings. The van der Waals surface area contributed by atoms with Gasteiger partial charge in [-0.3, -0.25) is 4.79 Å². The van der Waals surface area contributed by atoms with Gasteiger partial charge in [-0.25, -0.2) is 19.3 Å². The predicted octanol–water partition coefficient (Wildman–Crippen LogP) is 6.99. The monoisotopic (exact) mass is 508 g/mol. The van der Waals surface area contributed by atoms with Gasteiger partial charge in [0.25, 0.3) is 0 Å². The Labute approximate surface area is 215 Å². The number of aromatic nitrogens is 3. The molecule has 2 heterocycles. The summed E-state index contributed by atoms with van der Waals surface area (Å²) in [5.41, 5.74) is 2.34. The van der Waals surface area contributed by atoms with Crippen LogP contribution in [0.25, 0.3) is 21.8 Å². The average Bonchev–Trinajstić information content (AvgIpc) is 3.55. The number of carbonyl (C=O) groups excluding carboxylic acids is 1. The van der Waals surface area contributed by atoms with Crippen molar-refractivity contribution >= 4 is 23.3 Å². The summed E-state index contributed by atoms with van der Waals surface area (Å²) < 4.78 is 19.3. The number of rotatable bonds is 8. The molecule has 2 aliphatic rings. The second-order valence-electron chi connectivity index (χ2n) is 9.86. The van der Waals surface area contributed by atoms with E-state index in [4.69, 9.17) is 14.7 Å². The van der Waals surface area contributed by atoms with Crippen molar-refractivity contribution in [2.45, 2.75) is 76.7 Å². The third kappa shape index (κ3) is 5.91. The van der Waals surface area contributed by atoms with E-state index in [0.29, 0.717) is 36.9 Å². The highest BCUT2D eigenvalue weighted by Crippen LogP contribution is 2.44. The number of halogens is 1. The van der Waals surface area contributed by atoms with Crippen LogP contribution < -0.4 is 5.32 Å². The molecule has 1 N–H and O–H groups in total. The Hall–Kier alpha value is -2.87. The Morgan fingerprint density at radius 3 is 2.67 bits per heavy atom. The van der Waals surface area contributed by atoms with Crippen molar-refractivity contribution in [3.8, 4) is 21.8 Å². The molecule has 1 aromatic carbocycles. The van der Waals surface area contributed by atoms with E-state index in [0.717, 1.165) is 65.4 Å². The lowest BCUT2D eigenvalue weighted by atomic mass is 9.81. The lowest BCUT2D eigenvalue weighted by Gasteiger charge is -2.26. The first-order valence-electron chi connectivity index (χ1n) is 13.1. The van der Waals surface area contributed by atoms with E-state index in [9.17, 15) is 9.18 Å². The Morgan fingerprint density at radius 1 is 1.11 bits per heavy atom. The average molecular weight is 509 g/mol. The molecule has 6 nitrogen and oxygen atoms in total. The van der Waals surface area contributed by atoms with Gasteiger partial charge in [0.1, 0.15) is 5.82 Å². The standard InChI is InChI=1S/C28H33FN4O2S/c1-2-35-24(34)16-18-10-12-19(13-11-18)27-33-25(20-6-5-7-21(29)17-20)26(36-27)23-14-15-30-28(32-23)31-22-8-3-4-9-22/h5-7,14-15,17-19,22H,2-4,8-13,16H2,1H3,(H,30,31,32). The highest BCUT2D eigenvalue weighted by molar-refractivity contribution is 7.15. The van der Waals surface area contributed by atoms with Crippen LogP contribution in [0, 0.1) is 11.7 Å². The summed E-state index contributed by atoms with van der Waals surface area (Å²) in [5, 5.41) is 4.54. The zero-order chi connectivity index (χ0) is 24.9. The number of benzene rings is 1. The highest BCUT2D eigenvalue weighted by Gasteiger charge is 2.28. The number of esters is 1. The molecule has 2 saturated carbocycles. The van der Waals surface area contributed by atoms with Crippen LogP contribution >= 0.6 is 11.3 Å². The van der Waals surface area contributed by atoms with Gasteiger partial charge in [0.05, 0.1) is 27.9 Å². The summed E-state index contributed by atoms with van der Waals surface area (Å²) in [5.74, 6) is 0.954. The second kappa shape index (κ2) is 11.5. The van der Waals surface area contributed by atoms with E-state index in [1.165, 1.54) is 25.0 Å². The van der Waals surface area contributed by atoms with E-state index in [2.05, 4.69) is 10.3 Å². The van der Waals surface area contributed by atoms with Crippen molar-refractivity contribution in [2.75, 3.05) is 11.9 Å². The van der Waals surface area contributed by atoms with Gasteiger partial charge in [0.2, 0.25) is 5.95 Å². The molecule has 0 amide bonds. The minimum absolute atomic E-state index is 0.100. The van der Waals surface area contributed by atoms with Gasteiger partial charge in [-0.1, -0.05) is 25.0 Å². The fraction of sp³-hybridized carbons (Fsp3) is 0.500. The SMILES string of the molecule is CCOC(=O)CC1CCC(c2nc(-c3cccc(F)c3)c(-c3ccnc(NC4CCCC4)n3)s2)CC1. The molecule has 2 aromatic heterocycles. The van der Waals surface area contributed by atoms with Crippen molar-refractivity contribution in [2.24, 2.45) is 5.92 Å². The fourth-order valence-corrected chi connectivity index (χ4v) is 6.62. The Kier molecular flexibility index (Phi) is 7.90. The Morgan fingerprint density at radius 2 is 1.92 bits per heavy atom. The quantitative estimate of drug-likeness (QED) is 0.331. The van der Waals surface area contributed by atoms with Crippen LogP contribution in [0.2, 0.25) is 0 Å². The summed E-state index contributed by atoms with van der Waals surface area (Å²) in [6.07, 6.45) is 11.0. The van der Waals surface area contributed by atoms with Crippen molar-refractivity contribution in [3.63, 3.8) is 0 Å². The molecule has 2 aliphatic carbocycles. The lowest BCUT2D eigenvalue weighted by molar-refractivity contribution is -0.144. The van der Waals surface area contributed by atoms with E-state index in [1.54, 1.807) is 23.6 Å². The molecule has 8 heteroatoms. The van der Waals surface area contributed by atoms with Crippen LogP contribution in [0.5, 0.6) is 0 Å². The van der Waals surface area contributed by atoms with Gasteiger partial charge < -0.3 is 10.1 Å². The summed E-state index contributed by atoms with van der Waals surface area (Å²) in [6, 6.07) is 8.95. The maximum Gasteiger partial charge on any atom is 0.306 e. The molecular formula is C28H33FN4O2S. The highest BCUT2D eigenvalue weighted by atomic mass is 32.1. The van der Waals surface area contributed by atoms with Gasteiger partial charge in [-0.05, 0) is 69.6 Å². The van der Waals surface area contributed by atoms with Crippen molar-refractivity contribution in [3.05, 3.63) is 47.4 Å². The molecule has 0 unspecified atom stereocenters. The zero-order valence-electron chi connectivity index (χ0n) is 20.7. The number of hydrogen-bond acceptors (Lipinski definition) is 7. The molecule has 0 bridgehead atoms. The van der Waals surface area contributed by atoms with Gasteiger partial charge in [0, 0.05) is 30.1 Å². The first kappa shape index (κ1) is 24.8. The molecule has 0 saturated heterocycles. The third-order valence-corrected chi connectivity index (χ3v) is 8.52. The maximum atomic E-state index is 14.1. The number of thiazole rings is 1. The maximum absolute atomic E-state index is 14.1. The zero-order valence-corrected chi connectivity index (χ0v) is 21.5. The summed E-state index contributed by atoms with van der Waals surface area (Å²) in [4.78, 5) is 27.2. The normalized spacial score (nSPS) is 20.4. The van der Waals surface area contributed by atoms with E-state index in [-0.39, 0.29) is 11.8 Å². The fourth-order valence-electron chi connectivity index (χ4n) is 5.39. The van der Waals surface area contributed by atoms with Gasteiger partial charge in [-0.2, -0.15) is 0 Å². The topological polar surface area (TPSA) is 77.0 Å². The first-order valence-corrected chi connectivity index (χ1v) is 13.9. The molecule has 36 heavy (non-hydrogen) atoms. The second-order valence-corrected chi connectivity index (χ2v) is 10.9. The van der Waals surface area contributed by atoms with Crippen LogP contribution in [0.15, 0.2) is 36.5 Å². The van der Waals surface area contributed by atoms with Gasteiger partial charge in [-0.15, -0.1) is 11.3 Å². The van der Waals surface area contributed by atoms with Crippen molar-refractivity contribution in [1.82, 2.24) is 15.0 Å². The summed E-state index contributed by atoms with van der Waals surface area (Å²) in [6.45, 7) is 2.27. The largest absolute Gasteiger partial charge is 0.466 e. The molecule has 0 aliphatic heterocycles. The van der Waals surface area contributed by atoms with Crippen LogP contribution in [0.3, 0.4) is 0 Å². The Balaban J connectivity index is 1.40. The van der Waals surface area contributed by atoms with E-state index in [1.807, 2.05) is 19.1 Å². The van der Waals surface area contributed by atoms with Crippen LogP contribution in [-0.2, 0) is 9.53 Å². The minimum Gasteiger partial charge on any atom is -0.466 e. The molecule has 2 fully saturated rings. The smallest absolute Gasteiger partial charge is 0.306 e. The summed E-state index contributed by atoms with van der Waals surface area (Å²) in [7, 11) is 0. The predicted molar refractivity (Wildman–Crippen MR) is 140 cm³/mol. The first-order chi connectivity index (χ1) is 17.6. The number of ether oxygens (including phenoxy) is 1. The lowest BCUT2D eigenvalue weighted by Crippen LogP contribution is -2.17. The number of hydrogen-bond donors (Lipinski definition) is 1. The third-order valence-electron chi connectivity index (χ3n) is 7.28. The van der Waals surface area contributed by atoms with Crippen molar-refractivity contribution in [1.29, 1.82) is 0 Å². The van der Waals surface area contributed by atoms with Crippen LogP contribution in [-0.4, -0.2) is 33.6 Å². The van der Waals surface area contributed by atoms with Crippen molar-refractivity contribution < 1.29 is 13.9 Å². The number of anilines is 1. The molecular weight excluding hydrogens is 475 g/mol. The molecule has 0 radical (unpaired) electrons. The number of nitrogens with zero attached hydrogens (tertiary/aromatic N) is 3. The number of carbonyl (C=O) groups is 1. The molecule has 0 atom stereocenters. The van der Waals surface area contributed by atoms with Crippen LogP contribution in [0.1, 0.15) is 75.6 Å². The van der Waals surface area contributed by atoms with E-state index >= 15 is 0 Å².